The minimum Gasteiger partial charge on any atom is -0.481 e. The zero-order valence-electron chi connectivity index (χ0n) is 12.5. The summed E-state index contributed by atoms with van der Waals surface area (Å²) in [4.78, 5) is 13.3. The van der Waals surface area contributed by atoms with Crippen LogP contribution in [0.15, 0.2) is 4.47 Å². The molecule has 118 valence electrons. The summed E-state index contributed by atoms with van der Waals surface area (Å²) in [6.07, 6.45) is 1.11. The zero-order chi connectivity index (χ0) is 15.4. The molecule has 21 heavy (non-hydrogen) atoms. The molecule has 0 bridgehead atoms. The van der Waals surface area contributed by atoms with Gasteiger partial charge in [0, 0.05) is 37.2 Å². The molecule has 0 radical (unpaired) electrons. The quantitative estimate of drug-likeness (QED) is 0.827. The molecule has 1 fully saturated rings. The van der Waals surface area contributed by atoms with Crippen LogP contribution in [-0.2, 0) is 24.3 Å². The molecule has 0 spiro atoms. The van der Waals surface area contributed by atoms with Gasteiger partial charge in [-0.25, -0.2) is 0 Å². The van der Waals surface area contributed by atoms with Gasteiger partial charge in [0.15, 0.2) is 0 Å². The van der Waals surface area contributed by atoms with E-state index in [0.29, 0.717) is 0 Å². The van der Waals surface area contributed by atoms with Crippen molar-refractivity contribution in [1.82, 2.24) is 14.7 Å². The molecule has 1 atom stereocenters. The van der Waals surface area contributed by atoms with E-state index in [-0.39, 0.29) is 12.5 Å². The lowest BCUT2D eigenvalue weighted by Crippen LogP contribution is -2.43. The SMILES string of the molecule is CCc1nn(CC)c(CN2CCSCC2CC(=O)O)c1Br. The van der Waals surface area contributed by atoms with Gasteiger partial charge in [-0.1, -0.05) is 6.92 Å². The highest BCUT2D eigenvalue weighted by Crippen LogP contribution is 2.27. The standard InChI is InChI=1S/C14H22BrN3O2S/c1-3-11-14(15)12(18(4-2)16-11)8-17-5-6-21-9-10(17)7-13(19)20/h10H,3-9H2,1-2H3,(H,19,20). The first-order valence-corrected chi connectivity index (χ1v) is 9.29. The predicted octanol–water partition coefficient (Wildman–Crippen LogP) is 2.62. The highest BCUT2D eigenvalue weighted by molar-refractivity contribution is 9.10. The Morgan fingerprint density at radius 1 is 1.52 bits per heavy atom. The molecule has 1 aliphatic rings. The third kappa shape index (κ3) is 4.02. The maximum Gasteiger partial charge on any atom is 0.304 e. The summed E-state index contributed by atoms with van der Waals surface area (Å²) in [5.41, 5.74) is 2.24. The average molecular weight is 376 g/mol. The number of nitrogens with zero attached hydrogens (tertiary/aromatic N) is 3. The van der Waals surface area contributed by atoms with Crippen LogP contribution >= 0.6 is 27.7 Å². The van der Waals surface area contributed by atoms with Crippen LogP contribution in [0.1, 0.15) is 31.7 Å². The first-order valence-electron chi connectivity index (χ1n) is 7.34. The van der Waals surface area contributed by atoms with Crippen LogP contribution in [0.2, 0.25) is 0 Å². The van der Waals surface area contributed by atoms with E-state index in [0.717, 1.165) is 53.4 Å². The van der Waals surface area contributed by atoms with Crippen molar-refractivity contribution in [3.8, 4) is 0 Å². The van der Waals surface area contributed by atoms with E-state index in [2.05, 4.69) is 39.8 Å². The Kier molecular flexibility index (Phi) is 6.13. The molecule has 1 unspecified atom stereocenters. The Labute approximate surface area is 138 Å². The van der Waals surface area contributed by atoms with Gasteiger partial charge in [0.2, 0.25) is 0 Å². The lowest BCUT2D eigenvalue weighted by molar-refractivity contribution is -0.138. The van der Waals surface area contributed by atoms with Crippen molar-refractivity contribution in [2.24, 2.45) is 0 Å². The van der Waals surface area contributed by atoms with Crippen molar-refractivity contribution in [2.45, 2.75) is 45.8 Å². The highest BCUT2D eigenvalue weighted by Gasteiger charge is 2.27. The number of hydrogen-bond donors (Lipinski definition) is 1. The molecule has 1 N–H and O–H groups in total. The molecule has 1 aromatic heterocycles. The largest absolute Gasteiger partial charge is 0.481 e. The van der Waals surface area contributed by atoms with Gasteiger partial charge < -0.3 is 5.11 Å². The minimum absolute atomic E-state index is 0.110. The summed E-state index contributed by atoms with van der Waals surface area (Å²) < 4.78 is 3.11. The number of rotatable bonds is 6. The first kappa shape index (κ1) is 16.8. The Morgan fingerprint density at radius 3 is 2.90 bits per heavy atom. The summed E-state index contributed by atoms with van der Waals surface area (Å²) in [5, 5.41) is 13.7. The number of thioether (sulfide) groups is 1. The second-order valence-corrected chi connectivity index (χ2v) is 7.12. The van der Waals surface area contributed by atoms with Gasteiger partial charge in [0.1, 0.15) is 0 Å². The van der Waals surface area contributed by atoms with Crippen LogP contribution in [0.4, 0.5) is 0 Å². The van der Waals surface area contributed by atoms with Gasteiger partial charge in [-0.2, -0.15) is 16.9 Å². The number of aryl methyl sites for hydroxylation is 2. The van der Waals surface area contributed by atoms with Crippen LogP contribution in [0.3, 0.4) is 0 Å². The molecule has 0 aliphatic carbocycles. The molecule has 0 aromatic carbocycles. The number of hydrogen-bond acceptors (Lipinski definition) is 4. The summed E-state index contributed by atoms with van der Waals surface area (Å²) in [6.45, 7) is 6.72. The molecule has 1 aromatic rings. The van der Waals surface area contributed by atoms with Gasteiger partial charge in [-0.3, -0.25) is 14.4 Å². The van der Waals surface area contributed by atoms with Crippen molar-refractivity contribution in [1.29, 1.82) is 0 Å². The van der Waals surface area contributed by atoms with E-state index >= 15 is 0 Å². The van der Waals surface area contributed by atoms with Gasteiger partial charge in [0.25, 0.3) is 0 Å². The van der Waals surface area contributed by atoms with E-state index < -0.39 is 5.97 Å². The maximum atomic E-state index is 11.0. The second kappa shape index (κ2) is 7.65. The van der Waals surface area contributed by atoms with Crippen molar-refractivity contribution >= 4 is 33.7 Å². The monoisotopic (exact) mass is 375 g/mol. The number of halogens is 1. The summed E-state index contributed by atoms with van der Waals surface area (Å²) in [6, 6.07) is 0.110. The fourth-order valence-corrected chi connectivity index (χ4v) is 4.47. The van der Waals surface area contributed by atoms with Crippen LogP contribution in [0, 0.1) is 0 Å². The van der Waals surface area contributed by atoms with E-state index in [1.54, 1.807) is 0 Å². The number of aromatic nitrogens is 2. The molecule has 1 saturated heterocycles. The van der Waals surface area contributed by atoms with Crippen LogP contribution in [-0.4, -0.2) is 49.8 Å². The first-order chi connectivity index (χ1) is 10.1. The summed E-state index contributed by atoms with van der Waals surface area (Å²) in [5.74, 6) is 1.24. The van der Waals surface area contributed by atoms with E-state index in [1.807, 2.05) is 16.4 Å². The fourth-order valence-electron chi connectivity index (χ4n) is 2.65. The average Bonchev–Trinajstić information content (AvgIpc) is 2.77. The summed E-state index contributed by atoms with van der Waals surface area (Å²) in [7, 11) is 0. The topological polar surface area (TPSA) is 58.4 Å². The van der Waals surface area contributed by atoms with Crippen molar-refractivity contribution in [3.63, 3.8) is 0 Å². The minimum atomic E-state index is -0.718. The van der Waals surface area contributed by atoms with Crippen LogP contribution in [0.25, 0.3) is 0 Å². The molecular formula is C14H22BrN3O2S. The molecule has 2 rings (SSSR count). The second-order valence-electron chi connectivity index (χ2n) is 5.17. The summed E-state index contributed by atoms with van der Waals surface area (Å²) >= 11 is 5.51. The molecule has 7 heteroatoms. The van der Waals surface area contributed by atoms with Gasteiger partial charge >= 0.3 is 5.97 Å². The van der Waals surface area contributed by atoms with Crippen molar-refractivity contribution in [2.75, 3.05) is 18.1 Å². The van der Waals surface area contributed by atoms with Crippen molar-refractivity contribution < 1.29 is 9.90 Å². The highest BCUT2D eigenvalue weighted by atomic mass is 79.9. The number of carbonyl (C=O) groups is 1. The Balaban J connectivity index is 2.18. The van der Waals surface area contributed by atoms with E-state index in [9.17, 15) is 4.79 Å². The van der Waals surface area contributed by atoms with Gasteiger partial charge in [-0.15, -0.1) is 0 Å². The third-order valence-corrected chi connectivity index (χ3v) is 5.81. The molecule has 1 aliphatic heterocycles. The molecule has 0 saturated carbocycles. The molecule has 2 heterocycles. The molecule has 5 nitrogen and oxygen atoms in total. The third-order valence-electron chi connectivity index (χ3n) is 3.81. The van der Waals surface area contributed by atoms with Crippen molar-refractivity contribution in [3.05, 3.63) is 15.9 Å². The number of carboxylic acid groups (broad SMARTS) is 1. The van der Waals surface area contributed by atoms with E-state index in [4.69, 9.17) is 5.11 Å². The van der Waals surface area contributed by atoms with E-state index in [1.165, 1.54) is 0 Å². The normalized spacial score (nSPS) is 19.9. The maximum absolute atomic E-state index is 11.0. The van der Waals surface area contributed by atoms with Crippen LogP contribution < -0.4 is 0 Å². The number of aliphatic carboxylic acids is 1. The predicted molar refractivity (Wildman–Crippen MR) is 88.8 cm³/mol. The zero-order valence-corrected chi connectivity index (χ0v) is 14.9. The smallest absolute Gasteiger partial charge is 0.304 e. The van der Waals surface area contributed by atoms with Crippen LogP contribution in [0.5, 0.6) is 0 Å². The lowest BCUT2D eigenvalue weighted by atomic mass is 10.2. The Hall–Kier alpha value is -0.530. The fraction of sp³-hybridized carbons (Fsp3) is 0.714. The van der Waals surface area contributed by atoms with Gasteiger partial charge in [0.05, 0.1) is 22.3 Å². The molecule has 0 amide bonds. The number of carboxylic acids is 1. The Morgan fingerprint density at radius 2 is 2.29 bits per heavy atom. The Bertz CT molecular complexity index is 507. The lowest BCUT2D eigenvalue weighted by Gasteiger charge is -2.34. The van der Waals surface area contributed by atoms with Gasteiger partial charge in [-0.05, 0) is 29.3 Å². The molecular weight excluding hydrogens is 354 g/mol.